The van der Waals surface area contributed by atoms with E-state index in [9.17, 15) is 15.3 Å². The second kappa shape index (κ2) is 6.64. The highest BCUT2D eigenvalue weighted by Gasteiger charge is 2.13. The van der Waals surface area contributed by atoms with Gasteiger partial charge in [0.25, 0.3) is 0 Å². The van der Waals surface area contributed by atoms with Crippen molar-refractivity contribution >= 4 is 0 Å². The predicted molar refractivity (Wildman–Crippen MR) is 90.1 cm³/mol. The first-order valence-electron chi connectivity index (χ1n) is 7.48. The van der Waals surface area contributed by atoms with Crippen LogP contribution >= 0.6 is 0 Å². The molecule has 24 heavy (non-hydrogen) atoms. The van der Waals surface area contributed by atoms with E-state index in [0.717, 1.165) is 16.8 Å². The van der Waals surface area contributed by atoms with E-state index in [2.05, 4.69) is 5.10 Å². The molecule has 0 fully saturated rings. The fraction of sp³-hybridized carbons (Fsp3) is 0.167. The molecule has 3 N–H and O–H groups in total. The molecule has 0 saturated carbocycles. The van der Waals surface area contributed by atoms with Crippen LogP contribution in [0.15, 0.2) is 48.5 Å². The molecule has 0 saturated heterocycles. The minimum Gasteiger partial charge on any atom is -0.508 e. The third-order valence-corrected chi connectivity index (χ3v) is 3.71. The second-order valence-corrected chi connectivity index (χ2v) is 5.30. The fourth-order valence-corrected chi connectivity index (χ4v) is 2.56. The molecule has 0 spiro atoms. The molecule has 6 nitrogen and oxygen atoms in total. The van der Waals surface area contributed by atoms with Gasteiger partial charge in [0.1, 0.15) is 5.75 Å². The van der Waals surface area contributed by atoms with E-state index in [-0.39, 0.29) is 18.1 Å². The van der Waals surface area contributed by atoms with Crippen LogP contribution in [-0.2, 0) is 6.54 Å². The maximum Gasteiger partial charge on any atom is 0.161 e. The summed E-state index contributed by atoms with van der Waals surface area (Å²) in [5.41, 5.74) is 3.04. The van der Waals surface area contributed by atoms with Gasteiger partial charge in [-0.15, -0.1) is 0 Å². The number of phenolic OH excluding ortho intramolecular Hbond substituents is 2. The van der Waals surface area contributed by atoms with Gasteiger partial charge in [-0.2, -0.15) is 5.10 Å². The zero-order valence-electron chi connectivity index (χ0n) is 13.2. The molecule has 0 aliphatic carbocycles. The maximum absolute atomic E-state index is 9.75. The first-order valence-corrected chi connectivity index (χ1v) is 7.48. The number of phenols is 2. The zero-order chi connectivity index (χ0) is 17.1. The van der Waals surface area contributed by atoms with E-state index in [1.54, 1.807) is 41.1 Å². The third-order valence-electron chi connectivity index (χ3n) is 3.71. The number of rotatable bonds is 5. The summed E-state index contributed by atoms with van der Waals surface area (Å²) >= 11 is 0. The Morgan fingerprint density at radius 1 is 1.04 bits per heavy atom. The van der Waals surface area contributed by atoms with Crippen molar-refractivity contribution in [1.29, 1.82) is 0 Å². The highest BCUT2D eigenvalue weighted by atomic mass is 16.5. The van der Waals surface area contributed by atoms with Crippen molar-refractivity contribution < 1.29 is 20.1 Å². The summed E-state index contributed by atoms with van der Waals surface area (Å²) in [6.07, 6.45) is 0. The van der Waals surface area contributed by atoms with Crippen LogP contribution in [0.2, 0.25) is 0 Å². The molecule has 6 heteroatoms. The van der Waals surface area contributed by atoms with Gasteiger partial charge in [-0.1, -0.05) is 12.1 Å². The molecule has 0 bridgehead atoms. The zero-order valence-corrected chi connectivity index (χ0v) is 13.2. The minimum atomic E-state index is -0.0522. The van der Waals surface area contributed by atoms with Crippen LogP contribution in [-0.4, -0.2) is 38.8 Å². The topological polar surface area (TPSA) is 87.7 Å². The molecule has 124 valence electrons. The van der Waals surface area contributed by atoms with Gasteiger partial charge in [0.05, 0.1) is 31.6 Å². The van der Waals surface area contributed by atoms with E-state index in [0.29, 0.717) is 18.0 Å². The van der Waals surface area contributed by atoms with Crippen molar-refractivity contribution in [2.24, 2.45) is 0 Å². The quantitative estimate of drug-likeness (QED) is 0.671. The highest BCUT2D eigenvalue weighted by molar-refractivity contribution is 5.71. The van der Waals surface area contributed by atoms with Gasteiger partial charge in [0.15, 0.2) is 11.5 Å². The Morgan fingerprint density at radius 2 is 1.88 bits per heavy atom. The number of hydrogen-bond donors (Lipinski definition) is 3. The average molecular weight is 326 g/mol. The normalized spacial score (nSPS) is 10.8. The lowest BCUT2D eigenvalue weighted by Gasteiger charge is -2.08. The van der Waals surface area contributed by atoms with E-state index in [4.69, 9.17) is 4.74 Å². The Balaban J connectivity index is 2.10. The molecule has 3 aromatic rings. The molecule has 1 heterocycles. The molecule has 0 aliphatic heterocycles. The second-order valence-electron chi connectivity index (χ2n) is 5.30. The van der Waals surface area contributed by atoms with Gasteiger partial charge in [-0.3, -0.25) is 4.68 Å². The molecule has 0 unspecified atom stereocenters. The minimum absolute atomic E-state index is 0.0522. The first-order chi connectivity index (χ1) is 11.6. The van der Waals surface area contributed by atoms with Crippen molar-refractivity contribution in [2.45, 2.75) is 6.54 Å². The number of benzene rings is 2. The highest BCUT2D eigenvalue weighted by Crippen LogP contribution is 2.33. The van der Waals surface area contributed by atoms with E-state index in [1.165, 1.54) is 7.11 Å². The van der Waals surface area contributed by atoms with Gasteiger partial charge in [0.2, 0.25) is 0 Å². The van der Waals surface area contributed by atoms with Crippen LogP contribution in [0.25, 0.3) is 22.5 Å². The smallest absolute Gasteiger partial charge is 0.161 e. The van der Waals surface area contributed by atoms with E-state index < -0.39 is 0 Å². The Bertz CT molecular complexity index is 858. The van der Waals surface area contributed by atoms with Gasteiger partial charge >= 0.3 is 0 Å². The van der Waals surface area contributed by atoms with Crippen molar-refractivity contribution in [3.63, 3.8) is 0 Å². The maximum atomic E-state index is 9.75. The Hall–Kier alpha value is -2.99. The Morgan fingerprint density at radius 3 is 2.58 bits per heavy atom. The van der Waals surface area contributed by atoms with Crippen molar-refractivity contribution in [3.05, 3.63) is 48.5 Å². The number of aliphatic hydroxyl groups is 1. The van der Waals surface area contributed by atoms with Crippen molar-refractivity contribution in [2.75, 3.05) is 13.7 Å². The molecule has 0 atom stereocenters. The molecular weight excluding hydrogens is 308 g/mol. The summed E-state index contributed by atoms with van der Waals surface area (Å²) in [6, 6.07) is 13.7. The summed E-state index contributed by atoms with van der Waals surface area (Å²) in [6.45, 7) is 0.278. The molecule has 1 aromatic heterocycles. The number of aliphatic hydroxyl groups excluding tert-OH is 1. The van der Waals surface area contributed by atoms with Crippen molar-refractivity contribution in [3.8, 4) is 39.8 Å². The van der Waals surface area contributed by atoms with Gasteiger partial charge in [-0.25, -0.2) is 0 Å². The monoisotopic (exact) mass is 326 g/mol. The lowest BCUT2D eigenvalue weighted by molar-refractivity contribution is 0.270. The summed E-state index contributed by atoms with van der Waals surface area (Å²) in [5, 5.41) is 33.2. The molecule has 0 aliphatic rings. The number of aromatic nitrogens is 2. The van der Waals surface area contributed by atoms with Crippen LogP contribution in [0, 0.1) is 0 Å². The van der Waals surface area contributed by atoms with Gasteiger partial charge in [-0.05, 0) is 36.4 Å². The first kappa shape index (κ1) is 15.9. The molecule has 0 amide bonds. The number of ether oxygens (including phenoxy) is 1. The molecule has 3 rings (SSSR count). The third kappa shape index (κ3) is 3.04. The number of methoxy groups -OCH3 is 1. The number of hydrogen-bond acceptors (Lipinski definition) is 5. The van der Waals surface area contributed by atoms with E-state index in [1.807, 2.05) is 12.1 Å². The van der Waals surface area contributed by atoms with Crippen molar-refractivity contribution in [1.82, 2.24) is 9.78 Å². The van der Waals surface area contributed by atoms with Crippen LogP contribution in [0.1, 0.15) is 0 Å². The molecular formula is C18H18N2O4. The largest absolute Gasteiger partial charge is 0.508 e. The number of nitrogens with zero attached hydrogens (tertiary/aromatic N) is 2. The lowest BCUT2D eigenvalue weighted by atomic mass is 10.1. The Kier molecular flexibility index (Phi) is 4.39. The Labute approximate surface area is 139 Å². The lowest BCUT2D eigenvalue weighted by Crippen LogP contribution is -2.05. The predicted octanol–water partition coefficient (Wildman–Crippen LogP) is 2.63. The SMILES string of the molecule is COc1cc(-c2cc(-c3cccc(O)c3)nn2CCO)ccc1O. The summed E-state index contributed by atoms with van der Waals surface area (Å²) in [4.78, 5) is 0. The average Bonchev–Trinajstić information content (AvgIpc) is 3.00. The summed E-state index contributed by atoms with van der Waals surface area (Å²) in [7, 11) is 1.49. The molecule has 0 radical (unpaired) electrons. The standard InChI is InChI=1S/C18H18N2O4/c1-24-18-10-13(5-6-17(18)23)16-11-15(19-20(16)7-8-21)12-3-2-4-14(22)9-12/h2-6,9-11,21-23H,7-8H2,1H3. The van der Waals surface area contributed by atoms with E-state index >= 15 is 0 Å². The van der Waals surface area contributed by atoms with Crippen LogP contribution < -0.4 is 4.74 Å². The van der Waals surface area contributed by atoms with Gasteiger partial charge < -0.3 is 20.1 Å². The fourth-order valence-electron chi connectivity index (χ4n) is 2.56. The van der Waals surface area contributed by atoms with Crippen LogP contribution in [0.4, 0.5) is 0 Å². The summed E-state index contributed by atoms with van der Waals surface area (Å²) < 4.78 is 6.84. The van der Waals surface area contributed by atoms with Crippen LogP contribution in [0.3, 0.4) is 0 Å². The van der Waals surface area contributed by atoms with Crippen LogP contribution in [0.5, 0.6) is 17.2 Å². The molecule has 2 aromatic carbocycles. The van der Waals surface area contributed by atoms with Gasteiger partial charge in [0, 0.05) is 11.1 Å². The summed E-state index contributed by atoms with van der Waals surface area (Å²) in [5.74, 6) is 0.586. The number of aromatic hydroxyl groups is 2.